The van der Waals surface area contributed by atoms with E-state index in [0.29, 0.717) is 25.1 Å². The molecular formula is C19H26N4O2Si. The van der Waals surface area contributed by atoms with E-state index in [1.54, 1.807) is 0 Å². The van der Waals surface area contributed by atoms with Gasteiger partial charge in [-0.2, -0.15) is 0 Å². The van der Waals surface area contributed by atoms with Gasteiger partial charge in [-0.3, -0.25) is 4.90 Å². The van der Waals surface area contributed by atoms with Crippen LogP contribution in [-0.4, -0.2) is 54.6 Å². The Morgan fingerprint density at radius 2 is 2.00 bits per heavy atom. The van der Waals surface area contributed by atoms with Crippen molar-refractivity contribution in [3.8, 4) is 11.6 Å². The number of rotatable bonds is 4. The minimum absolute atomic E-state index is 0.303. The molecule has 0 amide bonds. The summed E-state index contributed by atoms with van der Waals surface area (Å²) in [6.45, 7) is 8.61. The average molecular weight is 371 g/mol. The van der Waals surface area contributed by atoms with E-state index >= 15 is 0 Å². The van der Waals surface area contributed by atoms with Gasteiger partial charge in [-0.1, -0.05) is 0 Å². The van der Waals surface area contributed by atoms with Crippen LogP contribution in [0.3, 0.4) is 0 Å². The summed E-state index contributed by atoms with van der Waals surface area (Å²) in [4.78, 5) is 16.3. The number of aryl methyl sites for hydroxylation is 2. The Kier molecular flexibility index (Phi) is 4.91. The third-order valence-electron chi connectivity index (χ3n) is 5.24. The number of pyridine rings is 1. The first kappa shape index (κ1) is 17.4. The van der Waals surface area contributed by atoms with Crippen molar-refractivity contribution >= 4 is 8.80 Å². The highest BCUT2D eigenvalue weighted by Crippen LogP contribution is 2.31. The Morgan fingerprint density at radius 1 is 1.15 bits per heavy atom. The smallest absolute Gasteiger partial charge is 0.257 e. The summed E-state index contributed by atoms with van der Waals surface area (Å²) in [5.74, 6) is 2.29. The summed E-state index contributed by atoms with van der Waals surface area (Å²) in [5, 5.41) is 0. The van der Waals surface area contributed by atoms with E-state index in [9.17, 15) is 0 Å². The van der Waals surface area contributed by atoms with E-state index in [2.05, 4.69) is 40.8 Å². The maximum absolute atomic E-state index is 5.64. The second-order valence-electron chi connectivity index (χ2n) is 7.31. The van der Waals surface area contributed by atoms with Crippen molar-refractivity contribution in [1.82, 2.24) is 19.9 Å². The molecule has 1 fully saturated rings. The zero-order valence-corrected chi connectivity index (χ0v) is 16.9. The van der Waals surface area contributed by atoms with Gasteiger partial charge in [0, 0.05) is 17.4 Å². The van der Waals surface area contributed by atoms with Gasteiger partial charge < -0.3 is 9.47 Å². The van der Waals surface area contributed by atoms with E-state index in [0.717, 1.165) is 35.6 Å². The van der Waals surface area contributed by atoms with Gasteiger partial charge in [0.1, 0.15) is 19.0 Å². The molecule has 2 aromatic heterocycles. The van der Waals surface area contributed by atoms with Gasteiger partial charge in [0.25, 0.3) is 5.88 Å². The molecule has 0 bridgehead atoms. The maximum Gasteiger partial charge on any atom is 0.257 e. The molecule has 1 unspecified atom stereocenters. The predicted molar refractivity (Wildman–Crippen MR) is 102 cm³/mol. The maximum atomic E-state index is 5.64. The number of hydrogen-bond donors (Lipinski definition) is 0. The lowest BCUT2D eigenvalue weighted by atomic mass is 10.2. The van der Waals surface area contributed by atoms with E-state index in [-0.39, 0.29) is 0 Å². The first-order valence-corrected chi connectivity index (χ1v) is 11.8. The number of nitrogens with zero attached hydrogens (tertiary/aromatic N) is 4. The van der Waals surface area contributed by atoms with Gasteiger partial charge in [0.05, 0.1) is 14.5 Å². The fourth-order valence-corrected chi connectivity index (χ4v) is 7.12. The molecule has 2 aromatic rings. The highest BCUT2D eigenvalue weighted by Gasteiger charge is 2.29. The minimum atomic E-state index is -0.859. The predicted octanol–water partition coefficient (Wildman–Crippen LogP) is 2.18. The molecule has 0 aliphatic carbocycles. The van der Waals surface area contributed by atoms with Gasteiger partial charge in [0.2, 0.25) is 0 Å². The summed E-state index contributed by atoms with van der Waals surface area (Å²) >= 11 is 0. The Labute approximate surface area is 156 Å². The molecule has 2 aliphatic heterocycles. The monoisotopic (exact) mass is 370 g/mol. The lowest BCUT2D eigenvalue weighted by Crippen LogP contribution is -2.29. The summed E-state index contributed by atoms with van der Waals surface area (Å²) < 4.78 is 11.2. The van der Waals surface area contributed by atoms with Crippen molar-refractivity contribution < 1.29 is 9.47 Å². The molecule has 138 valence electrons. The van der Waals surface area contributed by atoms with E-state index in [1.807, 2.05) is 13.0 Å². The third kappa shape index (κ3) is 3.73. The Bertz CT molecular complexity index is 781. The van der Waals surface area contributed by atoms with Crippen LogP contribution >= 0.6 is 0 Å². The first-order valence-electron chi connectivity index (χ1n) is 9.40. The van der Waals surface area contributed by atoms with Gasteiger partial charge >= 0.3 is 0 Å². The molecule has 2 aliphatic rings. The molecule has 0 N–H and O–H groups in total. The van der Waals surface area contributed by atoms with Crippen molar-refractivity contribution in [2.24, 2.45) is 0 Å². The molecular weight excluding hydrogens is 344 g/mol. The molecule has 2 atom stereocenters. The first-order chi connectivity index (χ1) is 12.6. The normalized spacial score (nSPS) is 21.0. The topological polar surface area (TPSA) is 60.4 Å². The summed E-state index contributed by atoms with van der Waals surface area (Å²) in [6.07, 6.45) is 1.21. The summed E-state index contributed by atoms with van der Waals surface area (Å²) in [7, 11) is -0.859. The lowest BCUT2D eigenvalue weighted by Gasteiger charge is -2.25. The molecule has 4 rings (SSSR count). The number of hydrogen-bond acceptors (Lipinski definition) is 6. The molecule has 4 heterocycles. The molecule has 26 heavy (non-hydrogen) atoms. The summed E-state index contributed by atoms with van der Waals surface area (Å²) in [6, 6.07) is 9.00. The molecule has 6 nitrogen and oxygen atoms in total. The highest BCUT2D eigenvalue weighted by molar-refractivity contribution is 6.59. The van der Waals surface area contributed by atoms with Crippen LogP contribution in [0.15, 0.2) is 18.2 Å². The largest absolute Gasteiger partial charge is 0.484 e. The second kappa shape index (κ2) is 7.32. The Morgan fingerprint density at radius 3 is 2.85 bits per heavy atom. The van der Waals surface area contributed by atoms with E-state index < -0.39 is 8.80 Å². The zero-order valence-electron chi connectivity index (χ0n) is 15.7. The Hall–Kier alpha value is -1.99. The Balaban J connectivity index is 1.41. The summed E-state index contributed by atoms with van der Waals surface area (Å²) in [5.41, 5.74) is 3.36. The molecule has 7 heteroatoms. The average Bonchev–Trinajstić information content (AvgIpc) is 3.08. The second-order valence-corrected chi connectivity index (χ2v) is 10.4. The van der Waals surface area contributed by atoms with Crippen LogP contribution in [0.5, 0.6) is 11.6 Å². The quantitative estimate of drug-likeness (QED) is 0.769. The van der Waals surface area contributed by atoms with Crippen molar-refractivity contribution in [2.75, 3.05) is 25.9 Å². The third-order valence-corrected chi connectivity index (χ3v) is 8.29. The zero-order chi connectivity index (χ0) is 18.1. The number of ether oxygens (including phenoxy) is 2. The van der Waals surface area contributed by atoms with Crippen molar-refractivity contribution in [3.05, 3.63) is 41.1 Å². The van der Waals surface area contributed by atoms with Crippen molar-refractivity contribution in [3.63, 3.8) is 0 Å². The molecule has 0 saturated carbocycles. The molecule has 0 spiro atoms. The fraction of sp³-hybridized carbons (Fsp3) is 0.526. The highest BCUT2D eigenvalue weighted by atomic mass is 28.3. The van der Waals surface area contributed by atoms with E-state index in [4.69, 9.17) is 14.5 Å². The van der Waals surface area contributed by atoms with Crippen LogP contribution in [0.25, 0.3) is 0 Å². The van der Waals surface area contributed by atoms with Crippen LogP contribution in [0, 0.1) is 13.8 Å². The van der Waals surface area contributed by atoms with Crippen molar-refractivity contribution in [2.45, 2.75) is 38.9 Å². The fourth-order valence-electron chi connectivity index (χ4n) is 3.94. The van der Waals surface area contributed by atoms with Gasteiger partial charge in [-0.25, -0.2) is 15.0 Å². The number of aromatic nitrogens is 3. The van der Waals surface area contributed by atoms with Gasteiger partial charge in [-0.05, 0) is 63.8 Å². The van der Waals surface area contributed by atoms with Crippen LogP contribution in [0.1, 0.15) is 35.9 Å². The van der Waals surface area contributed by atoms with E-state index in [1.165, 1.54) is 17.9 Å². The standard InChI is InChI=1S/C19H26N4O2Si/c1-13-10-16(21-15(3)20-13)11-26-9-6-23(12-26)14(2)17-4-5-18-19(22-17)25-8-7-24-18/h4-5,10,14,26H,6-9,11-12H2,1-3H3/t14?,26-/m0/s1. The van der Waals surface area contributed by atoms with Crippen LogP contribution in [0.2, 0.25) is 6.04 Å². The molecule has 1 saturated heterocycles. The molecule has 0 aromatic carbocycles. The SMILES string of the molecule is Cc1cc(C[Si@@H]2CCN(C(C)c3ccc4c(n3)OCCO4)C2)nc(C)n1. The van der Waals surface area contributed by atoms with Crippen LogP contribution in [0.4, 0.5) is 0 Å². The molecule has 0 radical (unpaired) electrons. The van der Waals surface area contributed by atoms with Gasteiger partial charge in [0.15, 0.2) is 5.75 Å². The van der Waals surface area contributed by atoms with Crippen molar-refractivity contribution in [1.29, 1.82) is 0 Å². The van der Waals surface area contributed by atoms with Gasteiger partial charge in [-0.15, -0.1) is 0 Å². The number of fused-ring (bicyclic) bond motifs is 1. The van der Waals surface area contributed by atoms with Crippen LogP contribution in [-0.2, 0) is 6.04 Å². The van der Waals surface area contributed by atoms with Crippen LogP contribution < -0.4 is 9.47 Å². The minimum Gasteiger partial charge on any atom is -0.484 e. The lowest BCUT2D eigenvalue weighted by molar-refractivity contribution is 0.162.